The normalized spacial score (nSPS) is 21.8. The summed E-state index contributed by atoms with van der Waals surface area (Å²) in [5.74, 6) is 0.482. The highest BCUT2D eigenvalue weighted by atomic mass is 79.9. The average molecular weight is 389 g/mol. The molecule has 2 unspecified atom stereocenters. The number of nitrogens with one attached hydrogen (secondary N) is 2. The Bertz CT molecular complexity index is 499. The van der Waals surface area contributed by atoms with E-state index in [-0.39, 0.29) is 6.09 Å². The Balaban J connectivity index is 1.74. The number of ether oxygens (including phenoxy) is 1. The number of rotatable bonds is 5. The molecule has 1 saturated carbocycles. The van der Waals surface area contributed by atoms with E-state index in [9.17, 15) is 4.79 Å². The molecule has 0 aliphatic heterocycles. The van der Waals surface area contributed by atoms with Gasteiger partial charge >= 0.3 is 6.09 Å². The predicted octanol–water partition coefficient (Wildman–Crippen LogP) is 4.29. The summed E-state index contributed by atoms with van der Waals surface area (Å²) in [5, 5.41) is 8.64. The molecule has 2 N–H and O–H groups in total. The van der Waals surface area contributed by atoms with Gasteiger partial charge in [0.05, 0.1) is 0 Å². The topological polar surface area (TPSA) is 50.4 Å². The fourth-order valence-electron chi connectivity index (χ4n) is 2.76. The molecule has 1 aliphatic carbocycles. The van der Waals surface area contributed by atoms with Crippen molar-refractivity contribution in [3.63, 3.8) is 0 Å². The Morgan fingerprint density at radius 1 is 1.45 bits per heavy atom. The van der Waals surface area contributed by atoms with Gasteiger partial charge in [0.2, 0.25) is 0 Å². The van der Waals surface area contributed by atoms with E-state index >= 15 is 0 Å². The highest BCUT2D eigenvalue weighted by molar-refractivity contribution is 9.10. The number of halogens is 1. The number of carbonyl (C=O) groups excluding carboxylic acids is 1. The SMILES string of the molecule is CC(C)(C)OC(=O)NCC1CCCC1NCc1cc(Br)cs1. The van der Waals surface area contributed by atoms with Crippen LogP contribution in [0.3, 0.4) is 0 Å². The first-order chi connectivity index (χ1) is 10.3. The molecule has 124 valence electrons. The first-order valence-corrected chi connectivity index (χ1v) is 9.44. The standard InChI is InChI=1S/C16H25BrN2O2S/c1-16(2,3)21-15(20)19-8-11-5-4-6-14(11)18-9-13-7-12(17)10-22-13/h7,10-11,14,18H,4-6,8-9H2,1-3H3,(H,19,20). The lowest BCUT2D eigenvalue weighted by atomic mass is 10.0. The minimum absolute atomic E-state index is 0.319. The Hall–Kier alpha value is -0.590. The zero-order valence-electron chi connectivity index (χ0n) is 13.4. The lowest BCUT2D eigenvalue weighted by molar-refractivity contribution is 0.0517. The van der Waals surface area contributed by atoms with Gasteiger partial charge < -0.3 is 15.4 Å². The fourth-order valence-corrected chi connectivity index (χ4v) is 4.16. The maximum absolute atomic E-state index is 11.7. The van der Waals surface area contributed by atoms with Crippen molar-refractivity contribution in [2.24, 2.45) is 5.92 Å². The average Bonchev–Trinajstić information content (AvgIpc) is 3.00. The summed E-state index contributed by atoms with van der Waals surface area (Å²) in [5.41, 5.74) is -0.441. The molecule has 2 atom stereocenters. The van der Waals surface area contributed by atoms with Gasteiger partial charge in [0.1, 0.15) is 5.60 Å². The van der Waals surface area contributed by atoms with E-state index in [1.165, 1.54) is 17.7 Å². The van der Waals surface area contributed by atoms with Crippen LogP contribution in [0.5, 0.6) is 0 Å². The Morgan fingerprint density at radius 2 is 2.23 bits per heavy atom. The van der Waals surface area contributed by atoms with E-state index < -0.39 is 5.60 Å². The number of carbonyl (C=O) groups is 1. The molecule has 0 spiro atoms. The highest BCUT2D eigenvalue weighted by Gasteiger charge is 2.27. The van der Waals surface area contributed by atoms with Crippen LogP contribution in [0.15, 0.2) is 15.9 Å². The molecule has 22 heavy (non-hydrogen) atoms. The minimum atomic E-state index is -0.441. The van der Waals surface area contributed by atoms with Crippen molar-refractivity contribution in [1.82, 2.24) is 10.6 Å². The van der Waals surface area contributed by atoms with Gasteiger partial charge in [-0.05, 0) is 61.5 Å². The first-order valence-electron chi connectivity index (χ1n) is 7.76. The van der Waals surface area contributed by atoms with Crippen molar-refractivity contribution in [3.8, 4) is 0 Å². The second-order valence-electron chi connectivity index (χ2n) is 6.79. The Morgan fingerprint density at radius 3 is 2.86 bits per heavy atom. The van der Waals surface area contributed by atoms with Gasteiger partial charge in [-0.15, -0.1) is 11.3 Å². The van der Waals surface area contributed by atoms with E-state index in [0.29, 0.717) is 18.5 Å². The highest BCUT2D eigenvalue weighted by Crippen LogP contribution is 2.26. The van der Waals surface area contributed by atoms with Crippen LogP contribution in [0.4, 0.5) is 4.79 Å². The van der Waals surface area contributed by atoms with Crippen molar-refractivity contribution >= 4 is 33.4 Å². The number of hydrogen-bond donors (Lipinski definition) is 2. The van der Waals surface area contributed by atoms with Gasteiger partial charge in [-0.3, -0.25) is 0 Å². The lowest BCUT2D eigenvalue weighted by Gasteiger charge is -2.23. The maximum atomic E-state index is 11.7. The molecule has 1 aromatic rings. The first kappa shape index (κ1) is 17.8. The van der Waals surface area contributed by atoms with Gasteiger partial charge in [-0.1, -0.05) is 6.42 Å². The third-order valence-corrected chi connectivity index (χ3v) is 5.42. The molecule has 0 radical (unpaired) electrons. The van der Waals surface area contributed by atoms with Gasteiger partial charge in [-0.25, -0.2) is 4.79 Å². The summed E-state index contributed by atoms with van der Waals surface area (Å²) in [7, 11) is 0. The summed E-state index contributed by atoms with van der Waals surface area (Å²) in [6.07, 6.45) is 3.22. The number of alkyl carbamates (subject to hydrolysis) is 1. The summed E-state index contributed by atoms with van der Waals surface area (Å²) in [4.78, 5) is 13.1. The number of thiophene rings is 1. The van der Waals surface area contributed by atoms with Crippen molar-refractivity contribution in [2.45, 2.75) is 58.2 Å². The molecule has 6 heteroatoms. The predicted molar refractivity (Wildman–Crippen MR) is 94.2 cm³/mol. The second kappa shape index (κ2) is 7.79. The van der Waals surface area contributed by atoms with E-state index in [1.807, 2.05) is 20.8 Å². The van der Waals surface area contributed by atoms with Crippen LogP contribution in [-0.2, 0) is 11.3 Å². The fraction of sp³-hybridized carbons (Fsp3) is 0.688. The van der Waals surface area contributed by atoms with E-state index in [0.717, 1.165) is 17.4 Å². The summed E-state index contributed by atoms with van der Waals surface area (Å²) >= 11 is 5.24. The van der Waals surface area contributed by atoms with Crippen molar-refractivity contribution < 1.29 is 9.53 Å². The van der Waals surface area contributed by atoms with Gasteiger partial charge in [-0.2, -0.15) is 0 Å². The van der Waals surface area contributed by atoms with Crippen LogP contribution in [0, 0.1) is 5.92 Å². The molecule has 0 aromatic carbocycles. The summed E-state index contributed by atoms with van der Waals surface area (Å²) in [6.45, 7) is 7.22. The Labute approximate surface area is 145 Å². The molecular weight excluding hydrogens is 364 g/mol. The molecular formula is C16H25BrN2O2S. The molecule has 2 rings (SSSR count). The smallest absolute Gasteiger partial charge is 0.407 e. The minimum Gasteiger partial charge on any atom is -0.444 e. The van der Waals surface area contributed by atoms with E-state index in [1.54, 1.807) is 11.3 Å². The molecule has 0 saturated heterocycles. The monoisotopic (exact) mass is 388 g/mol. The van der Waals surface area contributed by atoms with E-state index in [4.69, 9.17) is 4.74 Å². The second-order valence-corrected chi connectivity index (χ2v) is 8.70. The molecule has 1 aromatic heterocycles. The van der Waals surface area contributed by atoms with Crippen LogP contribution < -0.4 is 10.6 Å². The molecule has 0 bridgehead atoms. The van der Waals surface area contributed by atoms with Crippen LogP contribution in [-0.4, -0.2) is 24.3 Å². The molecule has 1 fully saturated rings. The van der Waals surface area contributed by atoms with Crippen LogP contribution in [0.2, 0.25) is 0 Å². The van der Waals surface area contributed by atoms with Crippen molar-refractivity contribution in [3.05, 3.63) is 20.8 Å². The van der Waals surface area contributed by atoms with Gasteiger partial charge in [0, 0.05) is 33.9 Å². The zero-order chi connectivity index (χ0) is 16.2. The zero-order valence-corrected chi connectivity index (χ0v) is 15.9. The quantitative estimate of drug-likeness (QED) is 0.790. The molecule has 4 nitrogen and oxygen atoms in total. The molecule has 1 amide bonds. The van der Waals surface area contributed by atoms with Crippen molar-refractivity contribution in [2.75, 3.05) is 6.54 Å². The lowest BCUT2D eigenvalue weighted by Crippen LogP contribution is -2.40. The van der Waals surface area contributed by atoms with Gasteiger partial charge in [0.15, 0.2) is 0 Å². The number of amides is 1. The van der Waals surface area contributed by atoms with Gasteiger partial charge in [0.25, 0.3) is 0 Å². The molecule has 1 heterocycles. The summed E-state index contributed by atoms with van der Waals surface area (Å²) in [6, 6.07) is 2.62. The molecule has 1 aliphatic rings. The van der Waals surface area contributed by atoms with Crippen LogP contribution >= 0.6 is 27.3 Å². The largest absolute Gasteiger partial charge is 0.444 e. The number of hydrogen-bond acceptors (Lipinski definition) is 4. The third-order valence-electron chi connectivity index (χ3n) is 3.73. The Kier molecular flexibility index (Phi) is 6.29. The van der Waals surface area contributed by atoms with Crippen molar-refractivity contribution in [1.29, 1.82) is 0 Å². The maximum Gasteiger partial charge on any atom is 0.407 e. The summed E-state index contributed by atoms with van der Waals surface area (Å²) < 4.78 is 6.43. The van der Waals surface area contributed by atoms with Crippen LogP contribution in [0.1, 0.15) is 44.9 Å². The van der Waals surface area contributed by atoms with E-state index in [2.05, 4.69) is 38.0 Å². The van der Waals surface area contributed by atoms with Crippen LogP contribution in [0.25, 0.3) is 0 Å². The third kappa shape index (κ3) is 5.89.